The van der Waals surface area contributed by atoms with E-state index in [-0.39, 0.29) is 11.9 Å². The maximum absolute atomic E-state index is 11.4. The average molecular weight is 307 g/mol. The summed E-state index contributed by atoms with van der Waals surface area (Å²) in [5.41, 5.74) is 0.782. The Balaban J connectivity index is 1.79. The third-order valence-corrected chi connectivity index (χ3v) is 3.72. The third-order valence-electron chi connectivity index (χ3n) is 3.49. The number of nitrogens with zero attached hydrogens (tertiary/aromatic N) is 3. The molecule has 1 saturated heterocycles. The van der Waals surface area contributed by atoms with Crippen LogP contribution in [0.2, 0.25) is 5.02 Å². The molecule has 1 amide bonds. The van der Waals surface area contributed by atoms with Crippen LogP contribution >= 0.6 is 11.6 Å². The zero-order chi connectivity index (χ0) is 14.8. The molecule has 1 aliphatic rings. The molecular formula is C14H15ClN4O2. The fourth-order valence-electron chi connectivity index (χ4n) is 2.29. The van der Waals surface area contributed by atoms with Gasteiger partial charge in [-0.3, -0.25) is 9.69 Å². The van der Waals surface area contributed by atoms with Crippen molar-refractivity contribution < 1.29 is 9.21 Å². The highest BCUT2D eigenvalue weighted by Crippen LogP contribution is 2.25. The van der Waals surface area contributed by atoms with Crippen LogP contribution in [0, 0.1) is 0 Å². The lowest BCUT2D eigenvalue weighted by Crippen LogP contribution is -2.48. The van der Waals surface area contributed by atoms with Gasteiger partial charge in [0.25, 0.3) is 0 Å². The third kappa shape index (κ3) is 3.06. The van der Waals surface area contributed by atoms with Gasteiger partial charge < -0.3 is 9.73 Å². The molecule has 2 heterocycles. The molecular weight excluding hydrogens is 292 g/mol. The van der Waals surface area contributed by atoms with Crippen molar-refractivity contribution in [3.63, 3.8) is 0 Å². The monoisotopic (exact) mass is 306 g/mol. The Bertz CT molecular complexity index is 658. The molecule has 0 spiro atoms. The van der Waals surface area contributed by atoms with E-state index in [1.54, 1.807) is 12.1 Å². The number of piperazine rings is 1. The van der Waals surface area contributed by atoms with E-state index in [2.05, 4.69) is 15.5 Å². The van der Waals surface area contributed by atoms with Crippen molar-refractivity contribution in [2.75, 3.05) is 19.6 Å². The van der Waals surface area contributed by atoms with Crippen molar-refractivity contribution in [2.24, 2.45) is 0 Å². The van der Waals surface area contributed by atoms with Crippen LogP contribution in [0.3, 0.4) is 0 Å². The number of hydrogen-bond donors (Lipinski definition) is 1. The van der Waals surface area contributed by atoms with Crippen LogP contribution in [0.1, 0.15) is 18.9 Å². The van der Waals surface area contributed by atoms with Gasteiger partial charge in [0.05, 0.1) is 12.6 Å². The predicted octanol–water partition coefficient (Wildman–Crippen LogP) is 1.88. The van der Waals surface area contributed by atoms with Crippen LogP contribution < -0.4 is 5.32 Å². The molecule has 0 unspecified atom stereocenters. The number of halogens is 1. The Morgan fingerprint density at radius 2 is 2.29 bits per heavy atom. The molecule has 1 aromatic carbocycles. The Labute approximate surface area is 127 Å². The normalized spacial score (nSPS) is 17.5. The molecule has 1 aliphatic heterocycles. The maximum Gasteiger partial charge on any atom is 0.247 e. The lowest BCUT2D eigenvalue weighted by Gasteiger charge is -2.29. The van der Waals surface area contributed by atoms with Gasteiger partial charge in [-0.1, -0.05) is 17.7 Å². The lowest BCUT2D eigenvalue weighted by molar-refractivity contribution is -0.124. The van der Waals surface area contributed by atoms with Crippen molar-refractivity contribution in [3.8, 4) is 11.5 Å². The standard InChI is InChI=1S/C14H15ClN4O2/c1-9(19-6-5-16-12(20)8-19)13-17-18-14(21-13)10-3-2-4-11(15)7-10/h2-4,7,9H,5-6,8H2,1H3,(H,16,20)/t9-/m1/s1. The van der Waals surface area contributed by atoms with Crippen molar-refractivity contribution in [1.82, 2.24) is 20.4 Å². The fourth-order valence-corrected chi connectivity index (χ4v) is 2.48. The van der Waals surface area contributed by atoms with E-state index < -0.39 is 0 Å². The quantitative estimate of drug-likeness (QED) is 0.937. The predicted molar refractivity (Wildman–Crippen MR) is 77.7 cm³/mol. The van der Waals surface area contributed by atoms with Crippen LogP contribution in [0.25, 0.3) is 11.5 Å². The van der Waals surface area contributed by atoms with E-state index >= 15 is 0 Å². The summed E-state index contributed by atoms with van der Waals surface area (Å²) in [4.78, 5) is 13.4. The number of benzene rings is 1. The second-order valence-corrected chi connectivity index (χ2v) is 5.39. The number of nitrogens with one attached hydrogen (secondary N) is 1. The van der Waals surface area contributed by atoms with E-state index in [0.29, 0.717) is 29.9 Å². The number of rotatable bonds is 3. The minimum Gasteiger partial charge on any atom is -0.419 e. The fraction of sp³-hybridized carbons (Fsp3) is 0.357. The summed E-state index contributed by atoms with van der Waals surface area (Å²) in [5.74, 6) is 0.947. The number of amides is 1. The summed E-state index contributed by atoms with van der Waals surface area (Å²) in [7, 11) is 0. The highest BCUT2D eigenvalue weighted by Gasteiger charge is 2.26. The molecule has 1 aromatic heterocycles. The first-order valence-corrected chi connectivity index (χ1v) is 7.11. The summed E-state index contributed by atoms with van der Waals surface area (Å²) in [6, 6.07) is 7.16. The summed E-state index contributed by atoms with van der Waals surface area (Å²) in [6.07, 6.45) is 0. The summed E-state index contributed by atoms with van der Waals surface area (Å²) >= 11 is 5.96. The first-order chi connectivity index (χ1) is 10.1. The van der Waals surface area contributed by atoms with E-state index in [0.717, 1.165) is 12.1 Å². The molecule has 7 heteroatoms. The van der Waals surface area contributed by atoms with E-state index in [4.69, 9.17) is 16.0 Å². The molecule has 1 atom stereocenters. The van der Waals surface area contributed by atoms with Gasteiger partial charge in [0.2, 0.25) is 17.7 Å². The number of carbonyl (C=O) groups excluding carboxylic acids is 1. The molecule has 1 fully saturated rings. The molecule has 2 aromatic rings. The van der Waals surface area contributed by atoms with Gasteiger partial charge in [0.15, 0.2) is 0 Å². The molecule has 0 radical (unpaired) electrons. The zero-order valence-corrected chi connectivity index (χ0v) is 12.3. The largest absolute Gasteiger partial charge is 0.419 e. The van der Waals surface area contributed by atoms with Gasteiger partial charge in [0, 0.05) is 23.7 Å². The molecule has 0 bridgehead atoms. The summed E-state index contributed by atoms with van der Waals surface area (Å²) in [5, 5.41) is 11.6. The molecule has 3 rings (SSSR count). The zero-order valence-electron chi connectivity index (χ0n) is 11.5. The number of carbonyl (C=O) groups is 1. The Hall–Kier alpha value is -1.92. The number of hydrogen-bond acceptors (Lipinski definition) is 5. The van der Waals surface area contributed by atoms with Crippen LogP contribution in [0.15, 0.2) is 28.7 Å². The minimum atomic E-state index is -0.100. The van der Waals surface area contributed by atoms with Gasteiger partial charge in [-0.15, -0.1) is 10.2 Å². The van der Waals surface area contributed by atoms with Crippen molar-refractivity contribution in [2.45, 2.75) is 13.0 Å². The Kier molecular flexibility index (Phi) is 3.90. The molecule has 0 aliphatic carbocycles. The highest BCUT2D eigenvalue weighted by molar-refractivity contribution is 6.30. The molecule has 6 nitrogen and oxygen atoms in total. The van der Waals surface area contributed by atoms with Crippen LogP contribution in [-0.2, 0) is 4.79 Å². The SMILES string of the molecule is C[C@H](c1nnc(-c2cccc(Cl)c2)o1)N1CCNC(=O)C1. The average Bonchev–Trinajstić information content (AvgIpc) is 2.96. The van der Waals surface area contributed by atoms with Gasteiger partial charge in [-0.25, -0.2) is 0 Å². The second-order valence-electron chi connectivity index (χ2n) is 4.95. The molecule has 0 saturated carbocycles. The highest BCUT2D eigenvalue weighted by atomic mass is 35.5. The maximum atomic E-state index is 11.4. The second kappa shape index (κ2) is 5.83. The van der Waals surface area contributed by atoms with Crippen LogP contribution in [0.5, 0.6) is 0 Å². The van der Waals surface area contributed by atoms with E-state index in [9.17, 15) is 4.79 Å². The lowest BCUT2D eigenvalue weighted by atomic mass is 10.2. The molecule has 21 heavy (non-hydrogen) atoms. The van der Waals surface area contributed by atoms with Gasteiger partial charge in [-0.05, 0) is 25.1 Å². The Morgan fingerprint density at radius 3 is 3.05 bits per heavy atom. The molecule has 110 valence electrons. The van der Waals surface area contributed by atoms with Gasteiger partial charge >= 0.3 is 0 Å². The summed E-state index contributed by atoms with van der Waals surface area (Å²) in [6.45, 7) is 3.70. The van der Waals surface area contributed by atoms with E-state index in [1.165, 1.54) is 0 Å². The first kappa shape index (κ1) is 14.0. The van der Waals surface area contributed by atoms with Crippen molar-refractivity contribution >= 4 is 17.5 Å². The smallest absolute Gasteiger partial charge is 0.247 e. The first-order valence-electron chi connectivity index (χ1n) is 6.73. The van der Waals surface area contributed by atoms with Gasteiger partial charge in [0.1, 0.15) is 0 Å². The number of aromatic nitrogens is 2. The molecule has 1 N–H and O–H groups in total. The van der Waals surface area contributed by atoms with Crippen LogP contribution in [0.4, 0.5) is 0 Å². The topological polar surface area (TPSA) is 71.3 Å². The Morgan fingerprint density at radius 1 is 1.43 bits per heavy atom. The minimum absolute atomic E-state index is 0.0164. The van der Waals surface area contributed by atoms with E-state index in [1.807, 2.05) is 24.0 Å². The van der Waals surface area contributed by atoms with Gasteiger partial charge in [-0.2, -0.15) is 0 Å². The summed E-state index contributed by atoms with van der Waals surface area (Å²) < 4.78 is 5.72. The van der Waals surface area contributed by atoms with Crippen molar-refractivity contribution in [3.05, 3.63) is 35.2 Å². The van der Waals surface area contributed by atoms with Crippen LogP contribution in [-0.4, -0.2) is 40.6 Å². The van der Waals surface area contributed by atoms with Crippen molar-refractivity contribution in [1.29, 1.82) is 0 Å².